The molecule has 7 heteroatoms. The number of nitro benzene ring substituents is 1. The molecular formula is C23H18ClN3O3. The maximum Gasteiger partial charge on any atom is 0.269 e. The number of carbonyl (C=O) groups is 1. The van der Waals surface area contributed by atoms with Crippen LogP contribution in [-0.2, 0) is 4.79 Å². The number of hydrogen-bond donors (Lipinski definition) is 1. The molecule has 6 nitrogen and oxygen atoms in total. The molecule has 2 aliphatic rings. The first kappa shape index (κ1) is 19.9. The van der Waals surface area contributed by atoms with Crippen molar-refractivity contribution in [1.82, 2.24) is 5.32 Å². The number of carbonyl (C=O) groups excluding carboxylic acids is 1. The van der Waals surface area contributed by atoms with Crippen LogP contribution in [0.15, 0.2) is 71.1 Å². The number of benzene rings is 2. The quantitative estimate of drug-likeness (QED) is 0.549. The Labute approximate surface area is 178 Å². The van der Waals surface area contributed by atoms with E-state index >= 15 is 0 Å². The van der Waals surface area contributed by atoms with E-state index in [2.05, 4.69) is 11.4 Å². The van der Waals surface area contributed by atoms with Crippen LogP contribution in [0.2, 0.25) is 5.02 Å². The second kappa shape index (κ2) is 7.77. The number of dihydropyridines is 1. The molecule has 0 saturated heterocycles. The van der Waals surface area contributed by atoms with Crippen LogP contribution in [0.3, 0.4) is 0 Å². The molecule has 0 fully saturated rings. The average Bonchev–Trinajstić information content (AvgIpc) is 2.73. The highest BCUT2D eigenvalue weighted by molar-refractivity contribution is 6.30. The minimum atomic E-state index is -0.522. The van der Waals surface area contributed by atoms with E-state index < -0.39 is 10.8 Å². The van der Waals surface area contributed by atoms with Crippen LogP contribution in [0.1, 0.15) is 42.7 Å². The first-order chi connectivity index (χ1) is 14.4. The molecule has 150 valence electrons. The summed E-state index contributed by atoms with van der Waals surface area (Å²) < 4.78 is 0. The number of nitriles is 1. The Morgan fingerprint density at radius 3 is 2.33 bits per heavy atom. The third-order valence-electron chi connectivity index (χ3n) is 5.73. The van der Waals surface area contributed by atoms with Crippen molar-refractivity contribution in [2.45, 2.75) is 31.6 Å². The predicted octanol–water partition coefficient (Wildman–Crippen LogP) is 5.13. The molecule has 0 aromatic heterocycles. The lowest BCUT2D eigenvalue weighted by Crippen LogP contribution is -2.33. The van der Waals surface area contributed by atoms with Crippen LogP contribution in [0, 0.1) is 21.4 Å². The number of nitrogens with one attached hydrogen (secondary N) is 1. The van der Waals surface area contributed by atoms with Gasteiger partial charge in [-0.05, 0) is 42.5 Å². The van der Waals surface area contributed by atoms with Gasteiger partial charge in [-0.3, -0.25) is 14.9 Å². The third kappa shape index (κ3) is 3.49. The van der Waals surface area contributed by atoms with Crippen molar-refractivity contribution in [1.29, 1.82) is 5.26 Å². The van der Waals surface area contributed by atoms with Crippen LogP contribution < -0.4 is 5.32 Å². The Morgan fingerprint density at radius 2 is 1.73 bits per heavy atom. The van der Waals surface area contributed by atoms with E-state index in [4.69, 9.17) is 11.6 Å². The van der Waals surface area contributed by atoms with Gasteiger partial charge in [-0.2, -0.15) is 5.26 Å². The molecule has 30 heavy (non-hydrogen) atoms. The van der Waals surface area contributed by atoms with Crippen molar-refractivity contribution in [3.05, 3.63) is 97.3 Å². The van der Waals surface area contributed by atoms with E-state index in [1.807, 2.05) is 31.2 Å². The molecule has 1 aliphatic carbocycles. The van der Waals surface area contributed by atoms with Crippen molar-refractivity contribution in [3.63, 3.8) is 0 Å². The molecule has 0 saturated carbocycles. The lowest BCUT2D eigenvalue weighted by Gasteiger charge is -2.35. The fraction of sp³-hybridized carbons (Fsp3) is 0.217. The molecule has 2 unspecified atom stereocenters. The summed E-state index contributed by atoms with van der Waals surface area (Å²) in [6.45, 7) is 1.82. The minimum absolute atomic E-state index is 0.0210. The summed E-state index contributed by atoms with van der Waals surface area (Å²) in [6.07, 6.45) is 0.978. The van der Waals surface area contributed by atoms with Crippen molar-refractivity contribution >= 4 is 23.1 Å². The summed E-state index contributed by atoms with van der Waals surface area (Å²) in [5.74, 6) is -0.520. The zero-order chi connectivity index (χ0) is 21.4. The largest absolute Gasteiger partial charge is 0.361 e. The number of non-ortho nitro benzene ring substituents is 1. The molecule has 1 N–H and O–H groups in total. The normalized spacial score (nSPS) is 21.0. The van der Waals surface area contributed by atoms with E-state index in [9.17, 15) is 20.2 Å². The predicted molar refractivity (Wildman–Crippen MR) is 113 cm³/mol. The van der Waals surface area contributed by atoms with E-state index in [0.29, 0.717) is 40.3 Å². The lowest BCUT2D eigenvalue weighted by atomic mass is 9.72. The SMILES string of the molecule is CC1=C(C#N)C(c2ccc([N+](=O)[O-])cc2)C2=C(CC(c3ccc(Cl)cc3)CC2=O)N1. The molecule has 2 aromatic rings. The summed E-state index contributed by atoms with van der Waals surface area (Å²) in [5.41, 5.74) is 4.26. The zero-order valence-electron chi connectivity index (χ0n) is 16.2. The number of halogens is 1. The molecule has 0 spiro atoms. The van der Waals surface area contributed by atoms with Gasteiger partial charge in [-0.15, -0.1) is 0 Å². The fourth-order valence-corrected chi connectivity index (χ4v) is 4.41. The zero-order valence-corrected chi connectivity index (χ0v) is 16.9. The number of allylic oxidation sites excluding steroid dienone is 4. The highest BCUT2D eigenvalue weighted by Gasteiger charge is 2.39. The molecule has 1 heterocycles. The van der Waals surface area contributed by atoms with Gasteiger partial charge in [0.2, 0.25) is 0 Å². The Balaban J connectivity index is 1.76. The maximum absolute atomic E-state index is 13.2. The molecule has 2 aromatic carbocycles. The molecule has 0 bridgehead atoms. The van der Waals surface area contributed by atoms with Crippen LogP contribution in [-0.4, -0.2) is 10.7 Å². The molecular weight excluding hydrogens is 402 g/mol. The first-order valence-electron chi connectivity index (χ1n) is 9.53. The standard InChI is InChI=1S/C23H18ClN3O3/c1-13-19(12-25)22(15-4-8-18(9-5-15)27(29)30)23-20(26-13)10-16(11-21(23)28)14-2-6-17(24)7-3-14/h2-9,16,22,26H,10-11H2,1H3. The van der Waals surface area contributed by atoms with E-state index in [1.165, 1.54) is 12.1 Å². The first-order valence-corrected chi connectivity index (χ1v) is 9.90. The van der Waals surface area contributed by atoms with Gasteiger partial charge in [0.05, 0.1) is 22.5 Å². The number of hydrogen-bond acceptors (Lipinski definition) is 5. The molecule has 0 amide bonds. The monoisotopic (exact) mass is 419 g/mol. The molecule has 2 atom stereocenters. The van der Waals surface area contributed by atoms with Gasteiger partial charge in [-0.25, -0.2) is 0 Å². The fourth-order valence-electron chi connectivity index (χ4n) is 4.28. The van der Waals surface area contributed by atoms with Crippen molar-refractivity contribution in [3.8, 4) is 6.07 Å². The Kier molecular flexibility index (Phi) is 5.15. The van der Waals surface area contributed by atoms with Crippen LogP contribution >= 0.6 is 11.6 Å². The Hall–Kier alpha value is -3.43. The van der Waals surface area contributed by atoms with Gasteiger partial charge in [0, 0.05) is 40.5 Å². The highest BCUT2D eigenvalue weighted by atomic mass is 35.5. The number of rotatable bonds is 3. The summed E-state index contributed by atoms with van der Waals surface area (Å²) in [6, 6.07) is 15.8. The Bertz CT molecular complexity index is 1140. The maximum atomic E-state index is 13.2. The molecule has 4 rings (SSSR count). The van der Waals surface area contributed by atoms with Gasteiger partial charge in [0.15, 0.2) is 5.78 Å². The van der Waals surface area contributed by atoms with E-state index in [0.717, 1.165) is 11.3 Å². The van der Waals surface area contributed by atoms with E-state index in [-0.39, 0.29) is 17.4 Å². The van der Waals surface area contributed by atoms with Gasteiger partial charge >= 0.3 is 0 Å². The smallest absolute Gasteiger partial charge is 0.269 e. The Morgan fingerprint density at radius 1 is 1.10 bits per heavy atom. The second-order valence-electron chi connectivity index (χ2n) is 7.53. The minimum Gasteiger partial charge on any atom is -0.361 e. The summed E-state index contributed by atoms with van der Waals surface area (Å²) >= 11 is 5.99. The van der Waals surface area contributed by atoms with Crippen molar-refractivity contribution in [2.24, 2.45) is 0 Å². The van der Waals surface area contributed by atoms with E-state index in [1.54, 1.807) is 12.1 Å². The number of nitro groups is 1. The molecule has 1 aliphatic heterocycles. The van der Waals surface area contributed by atoms with Crippen LogP contribution in [0.4, 0.5) is 5.69 Å². The number of Topliss-reactive ketones (excluding diaryl/α,β-unsaturated/α-hetero) is 1. The van der Waals surface area contributed by atoms with Crippen molar-refractivity contribution in [2.75, 3.05) is 0 Å². The van der Waals surface area contributed by atoms with Gasteiger partial charge in [-0.1, -0.05) is 35.9 Å². The summed E-state index contributed by atoms with van der Waals surface area (Å²) in [4.78, 5) is 23.8. The van der Waals surface area contributed by atoms with Crippen molar-refractivity contribution < 1.29 is 9.72 Å². The summed E-state index contributed by atoms with van der Waals surface area (Å²) in [5, 5.41) is 24.7. The van der Waals surface area contributed by atoms with Gasteiger partial charge < -0.3 is 5.32 Å². The average molecular weight is 420 g/mol. The third-order valence-corrected chi connectivity index (χ3v) is 5.98. The lowest BCUT2D eigenvalue weighted by molar-refractivity contribution is -0.384. The summed E-state index contributed by atoms with van der Waals surface area (Å²) in [7, 11) is 0. The highest BCUT2D eigenvalue weighted by Crippen LogP contribution is 2.45. The van der Waals surface area contributed by atoms with Crippen LogP contribution in [0.5, 0.6) is 0 Å². The number of nitrogens with zero attached hydrogens (tertiary/aromatic N) is 2. The second-order valence-corrected chi connectivity index (χ2v) is 7.97. The molecule has 0 radical (unpaired) electrons. The topological polar surface area (TPSA) is 96.0 Å². The number of ketones is 1. The van der Waals surface area contributed by atoms with Crippen LogP contribution in [0.25, 0.3) is 0 Å². The van der Waals surface area contributed by atoms with Gasteiger partial charge in [0.25, 0.3) is 5.69 Å². The van der Waals surface area contributed by atoms with Gasteiger partial charge in [0.1, 0.15) is 0 Å².